The molecule has 0 bridgehead atoms. The van der Waals surface area contributed by atoms with E-state index in [0.29, 0.717) is 22.0 Å². The lowest BCUT2D eigenvalue weighted by molar-refractivity contribution is -0.145. The highest BCUT2D eigenvalue weighted by Crippen LogP contribution is 2.29. The standard InChI is InChI=1S/C21H20ClNO5/c1-12(2)20(13-3-6-15(22)7-4-13)21(26)28-10-17(24)14-5-8-18-16(9-14)23-19(25)11-27-18/h3-9,12,20H,10-11H2,1-2H3,(H,23,25)/t20-/m1/s1. The van der Waals surface area contributed by atoms with Crippen molar-refractivity contribution in [3.63, 3.8) is 0 Å². The number of carbonyl (C=O) groups is 3. The van der Waals surface area contributed by atoms with Gasteiger partial charge >= 0.3 is 5.97 Å². The fourth-order valence-electron chi connectivity index (χ4n) is 3.03. The van der Waals surface area contributed by atoms with Crippen LogP contribution < -0.4 is 10.1 Å². The van der Waals surface area contributed by atoms with Gasteiger partial charge in [-0.3, -0.25) is 14.4 Å². The maximum atomic E-state index is 12.6. The Morgan fingerprint density at radius 1 is 1.18 bits per heavy atom. The van der Waals surface area contributed by atoms with Crippen molar-refractivity contribution in [2.24, 2.45) is 5.92 Å². The zero-order valence-corrected chi connectivity index (χ0v) is 16.3. The second-order valence-corrected chi connectivity index (χ2v) is 7.29. The van der Waals surface area contributed by atoms with E-state index in [4.69, 9.17) is 21.1 Å². The first kappa shape index (κ1) is 19.9. The van der Waals surface area contributed by atoms with Crippen molar-refractivity contribution in [1.29, 1.82) is 0 Å². The molecule has 1 aliphatic heterocycles. The molecule has 1 amide bonds. The molecule has 1 atom stereocenters. The Bertz CT molecular complexity index is 908. The summed E-state index contributed by atoms with van der Waals surface area (Å²) in [5.41, 5.74) is 1.53. The quantitative estimate of drug-likeness (QED) is 0.587. The van der Waals surface area contributed by atoms with Crippen molar-refractivity contribution in [2.45, 2.75) is 19.8 Å². The van der Waals surface area contributed by atoms with E-state index in [1.807, 2.05) is 13.8 Å². The molecule has 28 heavy (non-hydrogen) atoms. The van der Waals surface area contributed by atoms with Crippen molar-refractivity contribution in [1.82, 2.24) is 0 Å². The van der Waals surface area contributed by atoms with Crippen LogP contribution in [0.15, 0.2) is 42.5 Å². The van der Waals surface area contributed by atoms with E-state index in [1.54, 1.807) is 36.4 Å². The van der Waals surface area contributed by atoms with Crippen molar-refractivity contribution < 1.29 is 23.9 Å². The summed E-state index contributed by atoms with van der Waals surface area (Å²) in [5, 5.41) is 3.23. The van der Waals surface area contributed by atoms with Crippen molar-refractivity contribution in [2.75, 3.05) is 18.5 Å². The molecule has 0 unspecified atom stereocenters. The third-order valence-corrected chi connectivity index (χ3v) is 4.68. The lowest BCUT2D eigenvalue weighted by Crippen LogP contribution is -2.26. The summed E-state index contributed by atoms with van der Waals surface area (Å²) in [4.78, 5) is 36.5. The predicted molar refractivity (Wildman–Crippen MR) is 105 cm³/mol. The smallest absolute Gasteiger partial charge is 0.314 e. The maximum absolute atomic E-state index is 12.6. The van der Waals surface area contributed by atoms with E-state index in [9.17, 15) is 14.4 Å². The summed E-state index contributed by atoms with van der Waals surface area (Å²) in [6, 6.07) is 11.7. The number of benzene rings is 2. The number of carbonyl (C=O) groups excluding carboxylic acids is 3. The molecular weight excluding hydrogens is 382 g/mol. The molecule has 1 aliphatic rings. The highest BCUT2D eigenvalue weighted by atomic mass is 35.5. The average Bonchev–Trinajstić information content (AvgIpc) is 2.67. The number of halogens is 1. The molecule has 0 fully saturated rings. The molecule has 0 saturated heterocycles. The molecule has 146 valence electrons. The average molecular weight is 402 g/mol. The summed E-state index contributed by atoms with van der Waals surface area (Å²) >= 11 is 5.91. The molecule has 0 aliphatic carbocycles. The Balaban J connectivity index is 1.67. The van der Waals surface area contributed by atoms with Crippen LogP contribution in [0.25, 0.3) is 0 Å². The minimum atomic E-state index is -0.499. The largest absolute Gasteiger partial charge is 0.482 e. The maximum Gasteiger partial charge on any atom is 0.314 e. The fourth-order valence-corrected chi connectivity index (χ4v) is 3.16. The fraction of sp³-hybridized carbons (Fsp3) is 0.286. The molecule has 1 heterocycles. The number of esters is 1. The summed E-state index contributed by atoms with van der Waals surface area (Å²) in [6.45, 7) is 3.38. The summed E-state index contributed by atoms with van der Waals surface area (Å²) in [6.07, 6.45) is 0. The SMILES string of the molecule is CC(C)[C@@H](C(=O)OCC(=O)c1ccc2c(c1)NC(=O)CO2)c1ccc(Cl)cc1. The molecule has 3 rings (SSSR count). The minimum absolute atomic E-state index is 0.0140. The lowest BCUT2D eigenvalue weighted by atomic mass is 9.88. The molecule has 7 heteroatoms. The van der Waals surface area contributed by atoms with E-state index in [0.717, 1.165) is 5.56 Å². The minimum Gasteiger partial charge on any atom is -0.482 e. The third-order valence-electron chi connectivity index (χ3n) is 4.43. The predicted octanol–water partition coefficient (Wildman–Crippen LogP) is 3.84. The molecule has 6 nitrogen and oxygen atoms in total. The van der Waals surface area contributed by atoms with Crippen LogP contribution in [-0.4, -0.2) is 30.9 Å². The molecule has 2 aromatic carbocycles. The van der Waals surface area contributed by atoms with Gasteiger partial charge in [0, 0.05) is 10.6 Å². The number of hydrogen-bond donors (Lipinski definition) is 1. The van der Waals surface area contributed by atoms with Gasteiger partial charge in [0.05, 0.1) is 11.6 Å². The van der Waals surface area contributed by atoms with Crippen LogP contribution in [0, 0.1) is 5.92 Å². The first-order chi connectivity index (χ1) is 13.3. The highest BCUT2D eigenvalue weighted by molar-refractivity contribution is 6.30. The first-order valence-corrected chi connectivity index (χ1v) is 9.25. The Morgan fingerprint density at radius 3 is 2.57 bits per heavy atom. The molecular formula is C21H20ClNO5. The Morgan fingerprint density at radius 2 is 1.89 bits per heavy atom. The lowest BCUT2D eigenvalue weighted by Gasteiger charge is -2.20. The van der Waals surface area contributed by atoms with Crippen molar-refractivity contribution in [3.05, 3.63) is 58.6 Å². The Hall–Kier alpha value is -2.86. The molecule has 0 spiro atoms. The van der Waals surface area contributed by atoms with Crippen molar-refractivity contribution in [3.8, 4) is 5.75 Å². The number of hydrogen-bond acceptors (Lipinski definition) is 5. The van der Waals surface area contributed by atoms with Crippen LogP contribution in [0.5, 0.6) is 5.75 Å². The van der Waals surface area contributed by atoms with Gasteiger partial charge in [-0.1, -0.05) is 37.6 Å². The van der Waals surface area contributed by atoms with Gasteiger partial charge in [0.2, 0.25) is 0 Å². The van der Waals surface area contributed by atoms with Crippen LogP contribution in [-0.2, 0) is 14.3 Å². The Kier molecular flexibility index (Phi) is 5.99. The van der Waals surface area contributed by atoms with Gasteiger partial charge in [0.1, 0.15) is 5.75 Å². The van der Waals surface area contributed by atoms with Gasteiger partial charge in [0.15, 0.2) is 19.0 Å². The number of Topliss-reactive ketones (excluding diaryl/α,β-unsaturated/α-hetero) is 1. The monoisotopic (exact) mass is 401 g/mol. The zero-order valence-electron chi connectivity index (χ0n) is 15.5. The van der Waals surface area contributed by atoms with Gasteiger partial charge in [-0.25, -0.2) is 0 Å². The van der Waals surface area contributed by atoms with Crippen LogP contribution in [0.3, 0.4) is 0 Å². The van der Waals surface area contributed by atoms with Gasteiger partial charge < -0.3 is 14.8 Å². The van der Waals surface area contributed by atoms with Crippen LogP contribution in [0.1, 0.15) is 35.7 Å². The number of nitrogens with one attached hydrogen (secondary N) is 1. The first-order valence-electron chi connectivity index (χ1n) is 8.87. The van der Waals surface area contributed by atoms with Crippen LogP contribution in [0.4, 0.5) is 5.69 Å². The summed E-state index contributed by atoms with van der Waals surface area (Å²) in [5.74, 6) is -1.14. The topological polar surface area (TPSA) is 81.7 Å². The van der Waals surface area contributed by atoms with Gasteiger partial charge in [-0.2, -0.15) is 0 Å². The zero-order chi connectivity index (χ0) is 20.3. The number of rotatable bonds is 6. The molecule has 0 radical (unpaired) electrons. The number of amides is 1. The molecule has 1 N–H and O–H groups in total. The normalized spacial score (nSPS) is 13.9. The number of ether oxygens (including phenoxy) is 2. The molecule has 0 aromatic heterocycles. The van der Waals surface area contributed by atoms with E-state index < -0.39 is 11.9 Å². The van der Waals surface area contributed by atoms with E-state index >= 15 is 0 Å². The van der Waals surface area contributed by atoms with Gasteiger partial charge in [-0.15, -0.1) is 0 Å². The summed E-state index contributed by atoms with van der Waals surface area (Å²) < 4.78 is 10.6. The van der Waals surface area contributed by atoms with E-state index in [2.05, 4.69) is 5.32 Å². The number of anilines is 1. The van der Waals surface area contributed by atoms with Crippen LogP contribution in [0.2, 0.25) is 5.02 Å². The van der Waals surface area contributed by atoms with Gasteiger partial charge in [0.25, 0.3) is 5.91 Å². The van der Waals surface area contributed by atoms with E-state index in [1.165, 1.54) is 6.07 Å². The second kappa shape index (κ2) is 8.44. The van der Waals surface area contributed by atoms with Gasteiger partial charge in [-0.05, 0) is 41.8 Å². The van der Waals surface area contributed by atoms with Crippen molar-refractivity contribution >= 4 is 34.9 Å². The number of fused-ring (bicyclic) bond motifs is 1. The third kappa shape index (κ3) is 4.51. The summed E-state index contributed by atoms with van der Waals surface area (Å²) in [7, 11) is 0. The molecule has 0 saturated carbocycles. The number of ketones is 1. The molecule has 2 aromatic rings. The Labute approximate surface area is 167 Å². The highest BCUT2D eigenvalue weighted by Gasteiger charge is 2.27. The van der Waals surface area contributed by atoms with Crippen LogP contribution >= 0.6 is 11.6 Å². The second-order valence-electron chi connectivity index (χ2n) is 6.85. The van der Waals surface area contributed by atoms with E-state index in [-0.39, 0.29) is 30.8 Å².